The molecular formula is C25H18FN3O2S. The number of nitrogens with zero attached hydrogens (tertiary/aromatic N) is 3. The molecule has 3 aromatic carbocycles. The molecule has 0 spiro atoms. The number of amidine groups is 2. The SMILES string of the molecule is O=C(CSC1=Nc2ccccc2C2=N[C@@H](Cc3ccccc3)C(=O)N12)c1ccc(F)cc1. The highest BCUT2D eigenvalue weighted by molar-refractivity contribution is 8.14. The second-order valence-corrected chi connectivity index (χ2v) is 8.40. The fraction of sp³-hybridized carbons (Fsp3) is 0.120. The van der Waals surface area contributed by atoms with Crippen molar-refractivity contribution in [2.45, 2.75) is 12.5 Å². The van der Waals surface area contributed by atoms with E-state index >= 15 is 0 Å². The molecule has 0 aromatic heterocycles. The smallest absolute Gasteiger partial charge is 0.259 e. The van der Waals surface area contributed by atoms with Gasteiger partial charge in [-0.3, -0.25) is 14.6 Å². The maximum absolute atomic E-state index is 13.3. The van der Waals surface area contributed by atoms with E-state index in [2.05, 4.69) is 4.99 Å². The van der Waals surface area contributed by atoms with Crippen molar-refractivity contribution in [2.24, 2.45) is 9.98 Å². The van der Waals surface area contributed by atoms with Crippen molar-refractivity contribution in [3.63, 3.8) is 0 Å². The molecule has 0 unspecified atom stereocenters. The van der Waals surface area contributed by atoms with Gasteiger partial charge in [0.25, 0.3) is 5.91 Å². The molecule has 7 heteroatoms. The Hall–Kier alpha value is -3.58. The maximum atomic E-state index is 13.3. The van der Waals surface area contributed by atoms with Gasteiger partial charge in [-0.1, -0.05) is 54.2 Å². The van der Waals surface area contributed by atoms with E-state index in [1.54, 1.807) is 0 Å². The maximum Gasteiger partial charge on any atom is 0.259 e. The highest BCUT2D eigenvalue weighted by Gasteiger charge is 2.41. The van der Waals surface area contributed by atoms with Gasteiger partial charge < -0.3 is 0 Å². The fourth-order valence-electron chi connectivity index (χ4n) is 3.72. The van der Waals surface area contributed by atoms with Crippen molar-refractivity contribution >= 4 is 40.1 Å². The summed E-state index contributed by atoms with van der Waals surface area (Å²) in [5.41, 5.74) is 2.96. The van der Waals surface area contributed by atoms with E-state index in [-0.39, 0.29) is 17.4 Å². The van der Waals surface area contributed by atoms with Crippen LogP contribution in [0.2, 0.25) is 0 Å². The molecule has 5 nitrogen and oxygen atoms in total. The molecule has 2 aliphatic heterocycles. The molecule has 2 aliphatic rings. The van der Waals surface area contributed by atoms with Crippen LogP contribution in [0, 0.1) is 5.82 Å². The number of rotatable bonds is 5. The van der Waals surface area contributed by atoms with E-state index in [9.17, 15) is 14.0 Å². The van der Waals surface area contributed by atoms with Gasteiger partial charge in [0, 0.05) is 17.5 Å². The van der Waals surface area contributed by atoms with E-state index < -0.39 is 11.9 Å². The fourth-order valence-corrected chi connectivity index (χ4v) is 4.61. The van der Waals surface area contributed by atoms with Crippen molar-refractivity contribution in [3.8, 4) is 0 Å². The molecule has 3 aromatic rings. The number of amides is 1. The third-order valence-corrected chi connectivity index (χ3v) is 6.26. The zero-order valence-electron chi connectivity index (χ0n) is 16.9. The average molecular weight is 444 g/mol. The Morgan fingerprint density at radius 1 is 0.969 bits per heavy atom. The Balaban J connectivity index is 1.42. The van der Waals surface area contributed by atoms with Crippen LogP contribution in [0.4, 0.5) is 10.1 Å². The van der Waals surface area contributed by atoms with Crippen LogP contribution < -0.4 is 0 Å². The first-order valence-electron chi connectivity index (χ1n) is 10.2. The minimum atomic E-state index is -0.544. The van der Waals surface area contributed by atoms with Gasteiger partial charge in [-0.05, 0) is 42.0 Å². The molecule has 32 heavy (non-hydrogen) atoms. The van der Waals surface area contributed by atoms with E-state index in [4.69, 9.17) is 4.99 Å². The van der Waals surface area contributed by atoms with Gasteiger partial charge in [0.1, 0.15) is 17.7 Å². The summed E-state index contributed by atoms with van der Waals surface area (Å²) in [6, 6.07) is 22.2. The third kappa shape index (κ3) is 3.87. The lowest BCUT2D eigenvalue weighted by atomic mass is 10.1. The number of thioether (sulfide) groups is 1. The van der Waals surface area contributed by atoms with Gasteiger partial charge in [0.15, 0.2) is 11.0 Å². The number of halogens is 1. The Labute approximate surface area is 188 Å². The van der Waals surface area contributed by atoms with Crippen LogP contribution in [0.1, 0.15) is 21.5 Å². The van der Waals surface area contributed by atoms with Crippen LogP contribution in [0.3, 0.4) is 0 Å². The van der Waals surface area contributed by atoms with Gasteiger partial charge in [0.05, 0.1) is 11.4 Å². The number of aliphatic imine (C=N–C) groups is 2. The Morgan fingerprint density at radius 2 is 1.69 bits per heavy atom. The predicted molar refractivity (Wildman–Crippen MR) is 124 cm³/mol. The molecule has 0 aliphatic carbocycles. The summed E-state index contributed by atoms with van der Waals surface area (Å²) < 4.78 is 13.2. The number of fused-ring (bicyclic) bond motifs is 3. The summed E-state index contributed by atoms with van der Waals surface area (Å²) in [6.45, 7) is 0. The highest BCUT2D eigenvalue weighted by atomic mass is 32.2. The van der Waals surface area contributed by atoms with Crippen LogP contribution in [0.15, 0.2) is 88.8 Å². The van der Waals surface area contributed by atoms with Crippen molar-refractivity contribution in [3.05, 3.63) is 101 Å². The summed E-state index contributed by atoms with van der Waals surface area (Å²) in [6.07, 6.45) is 0.494. The first-order valence-corrected chi connectivity index (χ1v) is 11.1. The number of Topliss-reactive ketones (excluding diaryl/α,β-unsaturated/α-hetero) is 1. The number of benzene rings is 3. The van der Waals surface area contributed by atoms with Gasteiger partial charge in [-0.2, -0.15) is 0 Å². The molecule has 2 heterocycles. The van der Waals surface area contributed by atoms with Crippen LogP contribution in [0.25, 0.3) is 0 Å². The normalized spacial score (nSPS) is 16.8. The summed E-state index contributed by atoms with van der Waals surface area (Å²) in [5.74, 6) is -0.0670. The number of carbonyl (C=O) groups is 2. The quantitative estimate of drug-likeness (QED) is 0.540. The lowest BCUT2D eigenvalue weighted by Gasteiger charge is -2.25. The third-order valence-electron chi connectivity index (χ3n) is 5.32. The topological polar surface area (TPSA) is 62.1 Å². The summed E-state index contributed by atoms with van der Waals surface area (Å²) in [5, 5.41) is 0.429. The lowest BCUT2D eigenvalue weighted by molar-refractivity contribution is -0.124. The second-order valence-electron chi connectivity index (χ2n) is 7.46. The molecule has 1 atom stereocenters. The molecule has 0 saturated heterocycles. The monoisotopic (exact) mass is 443 g/mol. The molecule has 0 saturated carbocycles. The Morgan fingerprint density at radius 3 is 2.47 bits per heavy atom. The molecule has 158 valence electrons. The van der Waals surface area contributed by atoms with Crippen molar-refractivity contribution < 1.29 is 14.0 Å². The Bertz CT molecular complexity index is 1260. The second kappa shape index (κ2) is 8.51. The van der Waals surface area contributed by atoms with Gasteiger partial charge in [-0.15, -0.1) is 0 Å². The van der Waals surface area contributed by atoms with E-state index in [1.165, 1.54) is 40.9 Å². The van der Waals surface area contributed by atoms with Crippen molar-refractivity contribution in [2.75, 3.05) is 5.75 Å². The molecular weight excluding hydrogens is 425 g/mol. The molecule has 5 rings (SSSR count). The van der Waals surface area contributed by atoms with Crippen LogP contribution in [-0.2, 0) is 11.2 Å². The van der Waals surface area contributed by atoms with Crippen LogP contribution in [0.5, 0.6) is 0 Å². The first-order chi connectivity index (χ1) is 15.6. The van der Waals surface area contributed by atoms with Crippen LogP contribution in [-0.4, -0.2) is 39.4 Å². The molecule has 0 N–H and O–H groups in total. The summed E-state index contributed by atoms with van der Waals surface area (Å²) in [4.78, 5) is 36.8. The highest BCUT2D eigenvalue weighted by Crippen LogP contribution is 2.34. The minimum Gasteiger partial charge on any atom is -0.293 e. The number of para-hydroxylation sites is 1. The molecule has 0 radical (unpaired) electrons. The standard InChI is InChI=1S/C25H18FN3O2S/c26-18-12-10-17(11-13-18)22(30)15-32-25-28-20-9-5-4-8-19(20)23-27-21(24(31)29(23)25)14-16-6-2-1-3-7-16/h1-13,21H,14-15H2/t21-/m0/s1. The largest absolute Gasteiger partial charge is 0.293 e. The summed E-state index contributed by atoms with van der Waals surface area (Å²) >= 11 is 1.19. The molecule has 0 fully saturated rings. The van der Waals surface area contributed by atoms with Crippen molar-refractivity contribution in [1.29, 1.82) is 0 Å². The number of carbonyl (C=O) groups excluding carboxylic acids is 2. The minimum absolute atomic E-state index is 0.0764. The number of hydrogen-bond acceptors (Lipinski definition) is 5. The summed E-state index contributed by atoms with van der Waals surface area (Å²) in [7, 11) is 0. The van der Waals surface area contributed by atoms with Crippen LogP contribution >= 0.6 is 11.8 Å². The molecule has 1 amide bonds. The predicted octanol–water partition coefficient (Wildman–Crippen LogP) is 4.64. The number of hydrogen-bond donors (Lipinski definition) is 0. The zero-order valence-corrected chi connectivity index (χ0v) is 17.8. The lowest BCUT2D eigenvalue weighted by Crippen LogP contribution is -2.41. The number of ketones is 1. The van der Waals surface area contributed by atoms with Gasteiger partial charge >= 0.3 is 0 Å². The zero-order chi connectivity index (χ0) is 22.1. The van der Waals surface area contributed by atoms with Gasteiger partial charge in [0.2, 0.25) is 0 Å². The van der Waals surface area contributed by atoms with E-state index in [0.717, 1.165) is 11.1 Å². The molecule has 0 bridgehead atoms. The van der Waals surface area contributed by atoms with Crippen molar-refractivity contribution in [1.82, 2.24) is 4.90 Å². The first kappa shape index (κ1) is 20.3. The van der Waals surface area contributed by atoms with E-state index in [0.29, 0.717) is 28.7 Å². The van der Waals surface area contributed by atoms with E-state index in [1.807, 2.05) is 54.6 Å². The average Bonchev–Trinajstić information content (AvgIpc) is 3.15. The van der Waals surface area contributed by atoms with Gasteiger partial charge in [-0.25, -0.2) is 14.3 Å². The Kier molecular flexibility index (Phi) is 5.41.